The average molecular weight is 437 g/mol. The van der Waals surface area contributed by atoms with Crippen molar-refractivity contribution in [2.75, 3.05) is 0 Å². The minimum atomic E-state index is -1.02. The van der Waals surface area contributed by atoms with E-state index in [1.54, 1.807) is 48.8 Å². The van der Waals surface area contributed by atoms with E-state index in [-0.39, 0.29) is 11.5 Å². The molecule has 0 aliphatic heterocycles. The average Bonchev–Trinajstić information content (AvgIpc) is 3.38. The Kier molecular flexibility index (Phi) is 4.86. The zero-order valence-electron chi connectivity index (χ0n) is 17.9. The van der Waals surface area contributed by atoms with Crippen molar-refractivity contribution >= 4 is 22.9 Å². The summed E-state index contributed by atoms with van der Waals surface area (Å²) in [5.74, 6) is -0.572. The van der Waals surface area contributed by atoms with E-state index in [0.29, 0.717) is 28.1 Å². The quantitative estimate of drug-likeness (QED) is 0.406. The number of aromatic nitrogens is 3. The van der Waals surface area contributed by atoms with Crippen LogP contribution >= 0.6 is 0 Å². The highest BCUT2D eigenvalue weighted by molar-refractivity contribution is 6.06. The zero-order valence-corrected chi connectivity index (χ0v) is 17.9. The van der Waals surface area contributed by atoms with Gasteiger partial charge in [0.25, 0.3) is 5.91 Å². The van der Waals surface area contributed by atoms with Crippen LogP contribution in [0.4, 0.5) is 0 Å². The van der Waals surface area contributed by atoms with Crippen LogP contribution in [-0.4, -0.2) is 31.7 Å². The number of carboxylic acids is 1. The maximum Gasteiger partial charge on any atom is 0.335 e. The van der Waals surface area contributed by atoms with Crippen LogP contribution in [0, 0.1) is 13.8 Å². The fourth-order valence-corrected chi connectivity index (χ4v) is 4.06. The molecule has 2 aromatic carbocycles. The van der Waals surface area contributed by atoms with Gasteiger partial charge < -0.3 is 9.63 Å². The van der Waals surface area contributed by atoms with Gasteiger partial charge in [0.1, 0.15) is 11.4 Å². The molecular formula is C26H19N3O4. The van der Waals surface area contributed by atoms with E-state index >= 15 is 0 Å². The summed E-state index contributed by atoms with van der Waals surface area (Å²) in [6.07, 6.45) is 3.41. The molecule has 0 fully saturated rings. The van der Waals surface area contributed by atoms with E-state index in [1.807, 2.05) is 32.0 Å². The minimum Gasteiger partial charge on any atom is -0.478 e. The molecule has 0 unspecified atom stereocenters. The molecule has 162 valence electrons. The standard InChI is InChI=1S/C26H19N3O4/c1-15-23(16(2)33-28-15)20-12-21-22(18-9-6-10-19(11-18)26(31)32)14-29(24(21)27-13-20)25(30)17-7-4-3-5-8-17/h3-14H,1-2H3,(H,31,32). The van der Waals surface area contributed by atoms with Gasteiger partial charge in [-0.05, 0) is 49.7 Å². The highest BCUT2D eigenvalue weighted by Gasteiger charge is 2.20. The number of hydrogen-bond acceptors (Lipinski definition) is 5. The molecule has 5 aromatic rings. The third-order valence-corrected chi connectivity index (χ3v) is 5.63. The Balaban J connectivity index is 1.77. The maximum absolute atomic E-state index is 13.3. The van der Waals surface area contributed by atoms with Crippen LogP contribution in [0.3, 0.4) is 0 Å². The van der Waals surface area contributed by atoms with Gasteiger partial charge >= 0.3 is 5.97 Å². The largest absolute Gasteiger partial charge is 0.478 e. The molecule has 7 nitrogen and oxygen atoms in total. The number of fused-ring (bicyclic) bond motifs is 1. The van der Waals surface area contributed by atoms with Crippen molar-refractivity contribution in [2.45, 2.75) is 13.8 Å². The smallest absolute Gasteiger partial charge is 0.335 e. The molecule has 0 amide bonds. The summed E-state index contributed by atoms with van der Waals surface area (Å²) in [5, 5.41) is 14.2. The maximum atomic E-state index is 13.3. The van der Waals surface area contributed by atoms with E-state index < -0.39 is 5.97 Å². The van der Waals surface area contributed by atoms with E-state index in [0.717, 1.165) is 22.2 Å². The lowest BCUT2D eigenvalue weighted by Gasteiger charge is -2.05. The number of pyridine rings is 1. The highest BCUT2D eigenvalue weighted by Crippen LogP contribution is 2.35. The molecule has 1 N–H and O–H groups in total. The number of aromatic carboxylic acids is 1. The van der Waals surface area contributed by atoms with E-state index in [1.165, 1.54) is 10.6 Å². The first kappa shape index (κ1) is 20.4. The molecule has 0 atom stereocenters. The summed E-state index contributed by atoms with van der Waals surface area (Å²) in [5.41, 5.74) is 4.94. The number of carbonyl (C=O) groups is 2. The van der Waals surface area contributed by atoms with Gasteiger partial charge in [0.15, 0.2) is 0 Å². The van der Waals surface area contributed by atoms with Crippen LogP contribution in [-0.2, 0) is 0 Å². The molecule has 0 bridgehead atoms. The van der Waals surface area contributed by atoms with Crippen molar-refractivity contribution in [3.8, 4) is 22.3 Å². The fourth-order valence-electron chi connectivity index (χ4n) is 4.06. The van der Waals surface area contributed by atoms with Gasteiger partial charge in [0.2, 0.25) is 0 Å². The molecule has 0 aliphatic rings. The van der Waals surface area contributed by atoms with Crippen LogP contribution in [0.15, 0.2) is 77.6 Å². The Morgan fingerprint density at radius 3 is 2.39 bits per heavy atom. The van der Waals surface area contributed by atoms with Crippen molar-refractivity contribution in [1.29, 1.82) is 0 Å². The third kappa shape index (κ3) is 3.49. The minimum absolute atomic E-state index is 0.164. The second-order valence-corrected chi connectivity index (χ2v) is 7.76. The highest BCUT2D eigenvalue weighted by atomic mass is 16.5. The van der Waals surface area contributed by atoms with Gasteiger partial charge in [-0.2, -0.15) is 0 Å². The summed E-state index contributed by atoms with van der Waals surface area (Å²) in [6.45, 7) is 3.69. The molecule has 0 saturated heterocycles. The first-order valence-electron chi connectivity index (χ1n) is 10.3. The van der Waals surface area contributed by atoms with Gasteiger partial charge in [-0.3, -0.25) is 9.36 Å². The summed E-state index contributed by atoms with van der Waals surface area (Å²) in [7, 11) is 0. The van der Waals surface area contributed by atoms with Gasteiger partial charge in [0, 0.05) is 40.0 Å². The number of benzene rings is 2. The predicted molar refractivity (Wildman–Crippen MR) is 123 cm³/mol. The number of carbonyl (C=O) groups excluding carboxylic acids is 1. The van der Waals surface area contributed by atoms with Crippen LogP contribution in [0.25, 0.3) is 33.3 Å². The monoisotopic (exact) mass is 437 g/mol. The van der Waals surface area contributed by atoms with E-state index in [4.69, 9.17) is 4.52 Å². The molecule has 7 heteroatoms. The van der Waals surface area contributed by atoms with E-state index in [2.05, 4.69) is 10.1 Å². The molecule has 3 aromatic heterocycles. The van der Waals surface area contributed by atoms with Crippen LogP contribution < -0.4 is 0 Å². The number of nitrogens with zero attached hydrogens (tertiary/aromatic N) is 3. The van der Waals surface area contributed by atoms with Gasteiger partial charge in [-0.15, -0.1) is 0 Å². The van der Waals surface area contributed by atoms with Crippen molar-refractivity contribution < 1.29 is 19.2 Å². The lowest BCUT2D eigenvalue weighted by Crippen LogP contribution is -2.11. The second-order valence-electron chi connectivity index (χ2n) is 7.76. The molecule has 3 heterocycles. The number of carboxylic acid groups (broad SMARTS) is 1. The number of hydrogen-bond donors (Lipinski definition) is 1. The predicted octanol–water partition coefficient (Wildman–Crippen LogP) is 5.36. The Bertz CT molecular complexity index is 1510. The molecule has 0 aliphatic carbocycles. The Labute approximate surface area is 188 Å². The van der Waals surface area contributed by atoms with Crippen molar-refractivity contribution in [3.05, 3.63) is 95.6 Å². The SMILES string of the molecule is Cc1noc(C)c1-c1cnc2c(c1)c(-c1cccc(C(=O)O)c1)cn2C(=O)c1ccccc1. The lowest BCUT2D eigenvalue weighted by atomic mass is 10.0. The van der Waals surface area contributed by atoms with Crippen molar-refractivity contribution in [3.63, 3.8) is 0 Å². The summed E-state index contributed by atoms with van der Waals surface area (Å²) < 4.78 is 6.82. The van der Waals surface area contributed by atoms with E-state index in [9.17, 15) is 14.7 Å². The van der Waals surface area contributed by atoms with Crippen molar-refractivity contribution in [1.82, 2.24) is 14.7 Å². The number of rotatable bonds is 4. The first-order chi connectivity index (χ1) is 15.9. The van der Waals surface area contributed by atoms with Gasteiger partial charge in [0.05, 0.1) is 11.3 Å². The molecule has 5 rings (SSSR count). The van der Waals surface area contributed by atoms with Gasteiger partial charge in [-0.1, -0.05) is 35.5 Å². The van der Waals surface area contributed by atoms with Crippen LogP contribution in [0.1, 0.15) is 32.2 Å². The Morgan fingerprint density at radius 2 is 1.70 bits per heavy atom. The van der Waals surface area contributed by atoms with Crippen LogP contribution in [0.2, 0.25) is 0 Å². The zero-order chi connectivity index (χ0) is 23.1. The Hall–Kier alpha value is -4.52. The molecular weight excluding hydrogens is 418 g/mol. The molecule has 0 radical (unpaired) electrons. The molecule has 33 heavy (non-hydrogen) atoms. The molecule has 0 saturated carbocycles. The van der Waals surface area contributed by atoms with Crippen molar-refractivity contribution in [2.24, 2.45) is 0 Å². The fraction of sp³-hybridized carbons (Fsp3) is 0.0769. The molecule has 0 spiro atoms. The topological polar surface area (TPSA) is 98.2 Å². The normalized spacial score (nSPS) is 11.1. The summed E-state index contributed by atoms with van der Waals surface area (Å²) in [4.78, 5) is 29.5. The summed E-state index contributed by atoms with van der Waals surface area (Å²) in [6, 6.07) is 17.5. The van der Waals surface area contributed by atoms with Gasteiger partial charge in [-0.25, -0.2) is 9.78 Å². The third-order valence-electron chi connectivity index (χ3n) is 5.63. The lowest BCUT2D eigenvalue weighted by molar-refractivity contribution is 0.0696. The second kappa shape index (κ2) is 7.87. The number of aryl methyl sites for hydroxylation is 2. The summed E-state index contributed by atoms with van der Waals surface area (Å²) >= 11 is 0. The first-order valence-corrected chi connectivity index (χ1v) is 10.3. The Morgan fingerprint density at radius 1 is 0.939 bits per heavy atom. The van der Waals surface area contributed by atoms with Crippen LogP contribution in [0.5, 0.6) is 0 Å².